The molecule has 0 aromatic carbocycles. The first-order chi connectivity index (χ1) is 14.2. The SMILES string of the molecule is C=C1CO[C@@]2(O)C[C@@H](C)[C@@H]3CC=C(C)[C@H](OC(=O)CCCCCCCCC)[C@H]3[C@@]12O. The zero-order chi connectivity index (χ0) is 21.9. The fourth-order valence-electron chi connectivity index (χ4n) is 5.80. The van der Waals surface area contributed by atoms with E-state index in [4.69, 9.17) is 9.47 Å². The minimum absolute atomic E-state index is 0.105. The number of hydrogen-bond donors (Lipinski definition) is 2. The number of hydrogen-bond acceptors (Lipinski definition) is 5. The molecule has 30 heavy (non-hydrogen) atoms. The highest BCUT2D eigenvalue weighted by Crippen LogP contribution is 2.58. The maximum absolute atomic E-state index is 12.7. The van der Waals surface area contributed by atoms with Crippen molar-refractivity contribution in [1.29, 1.82) is 0 Å². The molecule has 5 nitrogen and oxygen atoms in total. The van der Waals surface area contributed by atoms with E-state index in [1.165, 1.54) is 25.7 Å². The van der Waals surface area contributed by atoms with Crippen LogP contribution in [0.3, 0.4) is 0 Å². The number of aliphatic hydroxyl groups is 2. The average Bonchev–Trinajstić information content (AvgIpc) is 2.93. The second-order valence-corrected chi connectivity index (χ2v) is 9.78. The molecule has 1 heterocycles. The van der Waals surface area contributed by atoms with Crippen molar-refractivity contribution in [2.75, 3.05) is 6.61 Å². The molecule has 6 atom stereocenters. The summed E-state index contributed by atoms with van der Waals surface area (Å²) in [6.07, 6.45) is 11.1. The smallest absolute Gasteiger partial charge is 0.306 e. The molecule has 0 bridgehead atoms. The van der Waals surface area contributed by atoms with Gasteiger partial charge in [0, 0.05) is 18.8 Å². The number of carbonyl (C=O) groups is 1. The van der Waals surface area contributed by atoms with Gasteiger partial charge in [-0.2, -0.15) is 0 Å². The summed E-state index contributed by atoms with van der Waals surface area (Å²) in [5.74, 6) is -2.08. The fraction of sp³-hybridized carbons (Fsp3) is 0.800. The highest BCUT2D eigenvalue weighted by Gasteiger charge is 2.69. The molecule has 1 aliphatic heterocycles. The fourth-order valence-corrected chi connectivity index (χ4v) is 5.80. The van der Waals surface area contributed by atoms with E-state index in [-0.39, 0.29) is 24.4 Å². The third kappa shape index (κ3) is 4.26. The van der Waals surface area contributed by atoms with E-state index in [0.717, 1.165) is 31.3 Å². The second kappa shape index (κ2) is 9.54. The van der Waals surface area contributed by atoms with Crippen LogP contribution in [0, 0.1) is 17.8 Å². The Morgan fingerprint density at radius 1 is 1.23 bits per heavy atom. The Morgan fingerprint density at radius 3 is 2.60 bits per heavy atom. The summed E-state index contributed by atoms with van der Waals surface area (Å²) in [6, 6.07) is 0. The van der Waals surface area contributed by atoms with Crippen molar-refractivity contribution in [3.8, 4) is 0 Å². The Bertz CT molecular complexity index is 670. The van der Waals surface area contributed by atoms with Crippen LogP contribution in [-0.4, -0.2) is 40.3 Å². The molecule has 5 heteroatoms. The van der Waals surface area contributed by atoms with E-state index in [1.807, 2.05) is 6.92 Å². The molecule has 1 saturated heterocycles. The lowest BCUT2D eigenvalue weighted by Gasteiger charge is -2.55. The van der Waals surface area contributed by atoms with Crippen LogP contribution in [0.2, 0.25) is 0 Å². The van der Waals surface area contributed by atoms with Crippen molar-refractivity contribution in [2.24, 2.45) is 17.8 Å². The highest BCUT2D eigenvalue weighted by molar-refractivity contribution is 5.70. The summed E-state index contributed by atoms with van der Waals surface area (Å²) >= 11 is 0. The summed E-state index contributed by atoms with van der Waals surface area (Å²) in [5.41, 5.74) is -0.173. The van der Waals surface area contributed by atoms with Crippen LogP contribution in [0.4, 0.5) is 0 Å². The monoisotopic (exact) mass is 420 g/mol. The molecule has 3 aliphatic rings. The topological polar surface area (TPSA) is 76.0 Å². The van der Waals surface area contributed by atoms with Crippen molar-refractivity contribution < 1.29 is 24.5 Å². The van der Waals surface area contributed by atoms with Gasteiger partial charge in [-0.3, -0.25) is 4.79 Å². The van der Waals surface area contributed by atoms with Gasteiger partial charge in [0.15, 0.2) is 5.79 Å². The molecule has 2 aliphatic carbocycles. The van der Waals surface area contributed by atoms with Gasteiger partial charge in [0.2, 0.25) is 0 Å². The van der Waals surface area contributed by atoms with Gasteiger partial charge in [-0.25, -0.2) is 0 Å². The summed E-state index contributed by atoms with van der Waals surface area (Å²) < 4.78 is 11.6. The number of carbonyl (C=O) groups excluding carboxylic acids is 1. The molecule has 3 rings (SSSR count). The quantitative estimate of drug-likeness (QED) is 0.322. The Kier molecular flexibility index (Phi) is 7.47. The third-order valence-corrected chi connectivity index (χ3v) is 7.62. The Labute approximate surface area is 181 Å². The highest BCUT2D eigenvalue weighted by atomic mass is 16.7. The van der Waals surface area contributed by atoms with Crippen molar-refractivity contribution in [3.63, 3.8) is 0 Å². The number of esters is 1. The molecule has 0 spiro atoms. The first-order valence-electron chi connectivity index (χ1n) is 11.9. The van der Waals surface area contributed by atoms with Crippen LogP contribution in [0.1, 0.15) is 85.0 Å². The zero-order valence-electron chi connectivity index (χ0n) is 19.0. The lowest BCUT2D eigenvalue weighted by atomic mass is 9.55. The summed E-state index contributed by atoms with van der Waals surface area (Å²) in [6.45, 7) is 10.4. The number of allylic oxidation sites excluding steroid dienone is 1. The predicted molar refractivity (Wildman–Crippen MR) is 117 cm³/mol. The van der Waals surface area contributed by atoms with Gasteiger partial charge >= 0.3 is 5.97 Å². The van der Waals surface area contributed by atoms with Crippen LogP contribution in [-0.2, 0) is 14.3 Å². The van der Waals surface area contributed by atoms with E-state index in [2.05, 4.69) is 26.5 Å². The van der Waals surface area contributed by atoms with Crippen molar-refractivity contribution in [2.45, 2.75) is 102 Å². The summed E-state index contributed by atoms with van der Waals surface area (Å²) in [4.78, 5) is 12.7. The van der Waals surface area contributed by atoms with Gasteiger partial charge < -0.3 is 19.7 Å². The summed E-state index contributed by atoms with van der Waals surface area (Å²) in [5, 5.41) is 22.8. The second-order valence-electron chi connectivity index (χ2n) is 9.78. The average molecular weight is 421 g/mol. The molecule has 2 N–H and O–H groups in total. The maximum atomic E-state index is 12.7. The van der Waals surface area contributed by atoms with Gasteiger partial charge in [-0.05, 0) is 42.7 Å². The van der Waals surface area contributed by atoms with Crippen LogP contribution in [0.25, 0.3) is 0 Å². The van der Waals surface area contributed by atoms with E-state index in [1.54, 1.807) is 0 Å². The molecule has 0 amide bonds. The van der Waals surface area contributed by atoms with Crippen LogP contribution < -0.4 is 0 Å². The van der Waals surface area contributed by atoms with E-state index in [0.29, 0.717) is 18.4 Å². The maximum Gasteiger partial charge on any atom is 0.306 e. The first-order valence-corrected chi connectivity index (χ1v) is 11.9. The Hall–Kier alpha value is -1.17. The van der Waals surface area contributed by atoms with Crippen LogP contribution in [0.15, 0.2) is 23.8 Å². The van der Waals surface area contributed by atoms with Crippen LogP contribution in [0.5, 0.6) is 0 Å². The molecular weight excluding hydrogens is 380 g/mol. The Balaban J connectivity index is 1.66. The molecule has 1 saturated carbocycles. The molecule has 0 aromatic heterocycles. The van der Waals surface area contributed by atoms with E-state index < -0.39 is 23.4 Å². The molecule has 0 radical (unpaired) electrons. The minimum atomic E-state index is -1.66. The number of fused-ring (bicyclic) bond motifs is 3. The van der Waals surface area contributed by atoms with Gasteiger partial charge in [-0.15, -0.1) is 0 Å². The van der Waals surface area contributed by atoms with Gasteiger partial charge in [-0.1, -0.05) is 65.0 Å². The van der Waals surface area contributed by atoms with Crippen LogP contribution >= 0.6 is 0 Å². The zero-order valence-corrected chi connectivity index (χ0v) is 19.0. The van der Waals surface area contributed by atoms with Crippen molar-refractivity contribution in [3.05, 3.63) is 23.8 Å². The van der Waals surface area contributed by atoms with Crippen molar-refractivity contribution >= 4 is 5.97 Å². The van der Waals surface area contributed by atoms with Gasteiger partial charge in [0.1, 0.15) is 11.7 Å². The Morgan fingerprint density at radius 2 is 1.90 bits per heavy atom. The predicted octanol–water partition coefficient (Wildman–Crippen LogP) is 4.67. The standard InChI is InChI=1S/C25H40O5/c1-5-6-7-8-9-10-11-12-21(26)30-23-17(2)13-14-20-18(3)15-24(27)25(28,22(20)23)19(4)16-29-24/h13,18,20,22-23,27-28H,4-12,14-16H2,1-3H3/t18-,20+,22+,23+,24+,25+/m1/s1. The normalized spacial score (nSPS) is 38.0. The summed E-state index contributed by atoms with van der Waals surface area (Å²) in [7, 11) is 0. The van der Waals surface area contributed by atoms with Gasteiger partial charge in [0.05, 0.1) is 6.61 Å². The molecule has 0 unspecified atom stereocenters. The minimum Gasteiger partial charge on any atom is -0.457 e. The lowest BCUT2D eigenvalue weighted by molar-refractivity contribution is -0.307. The number of unbranched alkanes of at least 4 members (excludes halogenated alkanes) is 6. The third-order valence-electron chi connectivity index (χ3n) is 7.62. The molecule has 170 valence electrons. The molecule has 0 aromatic rings. The van der Waals surface area contributed by atoms with E-state index in [9.17, 15) is 15.0 Å². The van der Waals surface area contributed by atoms with E-state index >= 15 is 0 Å². The molecular formula is C25H40O5. The lowest BCUT2D eigenvalue weighted by Crippen LogP contribution is -2.67. The largest absolute Gasteiger partial charge is 0.457 e. The van der Waals surface area contributed by atoms with Gasteiger partial charge in [0.25, 0.3) is 0 Å². The number of rotatable bonds is 9. The molecule has 2 fully saturated rings. The van der Waals surface area contributed by atoms with Crippen molar-refractivity contribution in [1.82, 2.24) is 0 Å². The number of ether oxygens (including phenoxy) is 2. The first kappa shape index (κ1) is 23.5.